The standard InChI is InChI=1S/C33H41N5O4S/c1-5-37(6-2)18-19-38(23(3)39)22-25-10-9-11-26(20-25)31(40)35-33-30(28-12-7-8-13-29(28)43-33)32(41)36-34-21-24-14-16-27(42-4)17-15-24/h9-11,14-17,20-21H,5-8,12-13,18-19,22H2,1-4H3,(H,35,40)(H,36,41). The average Bonchev–Trinajstić information content (AvgIpc) is 3.39. The highest BCUT2D eigenvalue weighted by Crippen LogP contribution is 2.38. The Bertz CT molecular complexity index is 1450. The Labute approximate surface area is 257 Å². The number of methoxy groups -OCH3 is 1. The number of nitrogens with zero attached hydrogens (tertiary/aromatic N) is 3. The van der Waals surface area contributed by atoms with Crippen LogP contribution in [0.25, 0.3) is 0 Å². The lowest BCUT2D eigenvalue weighted by Crippen LogP contribution is -2.37. The molecule has 0 radical (unpaired) electrons. The minimum absolute atomic E-state index is 0.00326. The van der Waals surface area contributed by atoms with Crippen molar-refractivity contribution in [2.45, 2.75) is 53.0 Å². The van der Waals surface area contributed by atoms with E-state index in [4.69, 9.17) is 4.74 Å². The summed E-state index contributed by atoms with van der Waals surface area (Å²) in [5, 5.41) is 7.70. The summed E-state index contributed by atoms with van der Waals surface area (Å²) in [6.07, 6.45) is 5.30. The van der Waals surface area contributed by atoms with Crippen molar-refractivity contribution in [2.24, 2.45) is 5.10 Å². The first-order valence-electron chi connectivity index (χ1n) is 14.8. The number of carbonyl (C=O) groups excluding carboxylic acids is 3. The third-order valence-corrected chi connectivity index (χ3v) is 8.92. The molecular weight excluding hydrogens is 562 g/mol. The maximum Gasteiger partial charge on any atom is 0.274 e. The molecule has 0 saturated carbocycles. The highest BCUT2D eigenvalue weighted by Gasteiger charge is 2.26. The predicted molar refractivity (Wildman–Crippen MR) is 172 cm³/mol. The molecule has 0 fully saturated rings. The Morgan fingerprint density at radius 3 is 2.44 bits per heavy atom. The van der Waals surface area contributed by atoms with Crippen LogP contribution >= 0.6 is 11.3 Å². The van der Waals surface area contributed by atoms with Gasteiger partial charge in [-0.05, 0) is 91.9 Å². The number of hydrazone groups is 1. The third kappa shape index (κ3) is 8.52. The van der Waals surface area contributed by atoms with Gasteiger partial charge in [0.25, 0.3) is 11.8 Å². The van der Waals surface area contributed by atoms with Crippen molar-refractivity contribution in [3.63, 3.8) is 0 Å². The topological polar surface area (TPSA) is 103 Å². The van der Waals surface area contributed by atoms with Crippen LogP contribution in [0.3, 0.4) is 0 Å². The molecule has 1 aromatic heterocycles. The molecular formula is C33H41N5O4S. The fourth-order valence-electron chi connectivity index (χ4n) is 5.16. The molecule has 3 aromatic rings. The maximum absolute atomic E-state index is 13.5. The number of fused-ring (bicyclic) bond motifs is 1. The molecule has 228 valence electrons. The number of amides is 3. The maximum atomic E-state index is 13.5. The number of ether oxygens (including phenoxy) is 1. The van der Waals surface area contributed by atoms with Crippen molar-refractivity contribution in [3.8, 4) is 5.75 Å². The average molecular weight is 604 g/mol. The first kappa shape index (κ1) is 31.9. The molecule has 2 aromatic carbocycles. The van der Waals surface area contributed by atoms with Crippen molar-refractivity contribution in [3.05, 3.63) is 81.2 Å². The Hall–Kier alpha value is -4.02. The van der Waals surface area contributed by atoms with Crippen LogP contribution < -0.4 is 15.5 Å². The molecule has 0 saturated heterocycles. The van der Waals surface area contributed by atoms with E-state index in [0.717, 1.165) is 72.6 Å². The predicted octanol–water partition coefficient (Wildman–Crippen LogP) is 5.34. The summed E-state index contributed by atoms with van der Waals surface area (Å²) in [5.41, 5.74) is 6.28. The number of thiophene rings is 1. The van der Waals surface area contributed by atoms with Crippen LogP contribution in [0.2, 0.25) is 0 Å². The number of rotatable bonds is 13. The minimum atomic E-state index is -0.349. The van der Waals surface area contributed by atoms with Crippen molar-refractivity contribution >= 4 is 40.3 Å². The van der Waals surface area contributed by atoms with Crippen LogP contribution in [-0.2, 0) is 24.2 Å². The SMILES string of the molecule is CCN(CC)CCN(Cc1cccc(C(=O)Nc2sc3c(c2C(=O)NN=Cc2ccc(OC)cc2)CCCC3)c1)C(C)=O. The minimum Gasteiger partial charge on any atom is -0.497 e. The van der Waals surface area contributed by atoms with Crippen molar-refractivity contribution in [2.75, 3.05) is 38.6 Å². The summed E-state index contributed by atoms with van der Waals surface area (Å²) in [6, 6.07) is 14.7. The van der Waals surface area contributed by atoms with Crippen LogP contribution in [0.5, 0.6) is 5.75 Å². The Morgan fingerprint density at radius 1 is 1.00 bits per heavy atom. The third-order valence-electron chi connectivity index (χ3n) is 7.71. The molecule has 1 heterocycles. The largest absolute Gasteiger partial charge is 0.497 e. The van der Waals surface area contributed by atoms with Gasteiger partial charge in [0.05, 0.1) is 18.9 Å². The van der Waals surface area contributed by atoms with Gasteiger partial charge in [-0.3, -0.25) is 14.4 Å². The van der Waals surface area contributed by atoms with E-state index in [1.807, 2.05) is 42.5 Å². The summed E-state index contributed by atoms with van der Waals surface area (Å²) in [5.74, 6) is 0.0900. The number of anilines is 1. The van der Waals surface area contributed by atoms with Crippen LogP contribution in [0, 0.1) is 0 Å². The molecule has 43 heavy (non-hydrogen) atoms. The summed E-state index contributed by atoms with van der Waals surface area (Å²) in [7, 11) is 1.61. The molecule has 0 aliphatic heterocycles. The van der Waals surface area contributed by atoms with Crippen molar-refractivity contribution in [1.82, 2.24) is 15.2 Å². The van der Waals surface area contributed by atoms with Crippen molar-refractivity contribution < 1.29 is 19.1 Å². The van der Waals surface area contributed by atoms with Gasteiger partial charge in [-0.15, -0.1) is 11.3 Å². The van der Waals surface area contributed by atoms with Gasteiger partial charge in [0.2, 0.25) is 5.91 Å². The zero-order valence-corrected chi connectivity index (χ0v) is 26.3. The first-order chi connectivity index (χ1) is 20.8. The van der Waals surface area contributed by atoms with Gasteiger partial charge < -0.3 is 19.9 Å². The van der Waals surface area contributed by atoms with E-state index < -0.39 is 0 Å². The quantitative estimate of drug-likeness (QED) is 0.203. The lowest BCUT2D eigenvalue weighted by Gasteiger charge is -2.25. The molecule has 2 N–H and O–H groups in total. The van der Waals surface area contributed by atoms with Gasteiger partial charge in [-0.1, -0.05) is 26.0 Å². The number of nitrogens with one attached hydrogen (secondary N) is 2. The number of aryl methyl sites for hydroxylation is 1. The number of hydrogen-bond acceptors (Lipinski definition) is 7. The molecule has 3 amide bonds. The normalized spacial score (nSPS) is 12.7. The molecule has 10 heteroatoms. The van der Waals surface area contributed by atoms with E-state index in [2.05, 4.69) is 34.6 Å². The smallest absolute Gasteiger partial charge is 0.274 e. The molecule has 1 aliphatic rings. The van der Waals surface area contributed by atoms with Crippen molar-refractivity contribution in [1.29, 1.82) is 0 Å². The lowest BCUT2D eigenvalue weighted by molar-refractivity contribution is -0.129. The van der Waals surface area contributed by atoms with Crippen LogP contribution in [-0.4, -0.2) is 67.0 Å². The lowest BCUT2D eigenvalue weighted by atomic mass is 9.95. The fraction of sp³-hybridized carbons (Fsp3) is 0.394. The molecule has 4 rings (SSSR count). The van der Waals surface area contributed by atoms with Gasteiger partial charge in [0.1, 0.15) is 10.8 Å². The van der Waals surface area contributed by atoms with Gasteiger partial charge >= 0.3 is 0 Å². The molecule has 0 unspecified atom stereocenters. The molecule has 1 aliphatic carbocycles. The van der Waals surface area contributed by atoms with Gasteiger partial charge in [0.15, 0.2) is 0 Å². The summed E-state index contributed by atoms with van der Waals surface area (Å²) in [4.78, 5) is 44.4. The molecule has 0 spiro atoms. The molecule has 9 nitrogen and oxygen atoms in total. The highest BCUT2D eigenvalue weighted by molar-refractivity contribution is 7.17. The van der Waals surface area contributed by atoms with E-state index in [1.165, 1.54) is 11.3 Å². The second-order valence-corrected chi connectivity index (χ2v) is 11.6. The molecule has 0 atom stereocenters. The summed E-state index contributed by atoms with van der Waals surface area (Å²) >= 11 is 1.46. The Morgan fingerprint density at radius 2 is 1.74 bits per heavy atom. The van der Waals surface area contributed by atoms with Crippen LogP contribution in [0.1, 0.15) is 75.9 Å². The van der Waals surface area contributed by atoms with E-state index in [1.54, 1.807) is 31.2 Å². The number of likely N-dealkylation sites (N-methyl/N-ethyl adjacent to an activating group) is 1. The zero-order chi connectivity index (χ0) is 30.8. The Kier molecular flexibility index (Phi) is 11.5. The summed E-state index contributed by atoms with van der Waals surface area (Å²) in [6.45, 7) is 9.49. The second kappa shape index (κ2) is 15.5. The molecule has 0 bridgehead atoms. The van der Waals surface area contributed by atoms with E-state index in [9.17, 15) is 14.4 Å². The highest BCUT2D eigenvalue weighted by atomic mass is 32.1. The fourth-order valence-corrected chi connectivity index (χ4v) is 6.44. The number of carbonyl (C=O) groups is 3. The van der Waals surface area contributed by atoms with E-state index in [-0.39, 0.29) is 17.7 Å². The van der Waals surface area contributed by atoms with E-state index >= 15 is 0 Å². The monoisotopic (exact) mass is 603 g/mol. The zero-order valence-electron chi connectivity index (χ0n) is 25.4. The number of benzene rings is 2. The van der Waals surface area contributed by atoms with Crippen LogP contribution in [0.4, 0.5) is 5.00 Å². The van der Waals surface area contributed by atoms with Crippen LogP contribution in [0.15, 0.2) is 53.6 Å². The summed E-state index contributed by atoms with van der Waals surface area (Å²) < 4.78 is 5.18. The first-order valence-corrected chi connectivity index (χ1v) is 15.6. The number of hydrogen-bond donors (Lipinski definition) is 2. The van der Waals surface area contributed by atoms with Gasteiger partial charge in [-0.2, -0.15) is 5.10 Å². The Balaban J connectivity index is 1.48. The van der Waals surface area contributed by atoms with Gasteiger partial charge in [-0.25, -0.2) is 5.43 Å². The van der Waals surface area contributed by atoms with E-state index in [0.29, 0.717) is 29.2 Å². The van der Waals surface area contributed by atoms with Gasteiger partial charge in [0, 0.05) is 37.0 Å². The second-order valence-electron chi connectivity index (χ2n) is 10.5.